The van der Waals surface area contributed by atoms with Gasteiger partial charge in [-0.05, 0) is 35.7 Å². The van der Waals surface area contributed by atoms with Gasteiger partial charge in [0.05, 0.1) is 16.8 Å². The molecule has 0 aliphatic carbocycles. The smallest absolute Gasteiger partial charge is 0.255 e. The van der Waals surface area contributed by atoms with E-state index in [0.29, 0.717) is 0 Å². The number of aromatic nitrogens is 1. The van der Waals surface area contributed by atoms with Gasteiger partial charge in [0.2, 0.25) is 0 Å². The summed E-state index contributed by atoms with van der Waals surface area (Å²) >= 11 is 2.64. The highest BCUT2D eigenvalue weighted by Gasteiger charge is 2.16. The van der Waals surface area contributed by atoms with Crippen molar-refractivity contribution in [1.29, 1.82) is 0 Å². The Morgan fingerprint density at radius 2 is 2.05 bits per heavy atom. The zero-order valence-electron chi connectivity index (χ0n) is 11.2. The van der Waals surface area contributed by atoms with Gasteiger partial charge in [0.15, 0.2) is 0 Å². The van der Waals surface area contributed by atoms with E-state index in [-0.39, 0.29) is 4.21 Å². The highest BCUT2D eigenvalue weighted by Crippen LogP contribution is 2.29. The predicted octanol–water partition coefficient (Wildman–Crippen LogP) is 3.18. The molecule has 1 N–H and O–H groups in total. The first-order valence-corrected chi connectivity index (χ1v) is 9.43. The first kappa shape index (κ1) is 14.9. The fourth-order valence-corrected chi connectivity index (χ4v) is 4.33. The first-order chi connectivity index (χ1) is 10.6. The summed E-state index contributed by atoms with van der Waals surface area (Å²) in [6, 6.07) is 12.5. The van der Waals surface area contributed by atoms with Gasteiger partial charge in [-0.1, -0.05) is 12.1 Å². The molecular formula is C14H11N3O2S3. The van der Waals surface area contributed by atoms with E-state index in [4.69, 9.17) is 0 Å². The van der Waals surface area contributed by atoms with E-state index in [1.165, 1.54) is 17.6 Å². The Balaban J connectivity index is 1.77. The molecule has 3 aromatic rings. The second kappa shape index (κ2) is 6.39. The molecule has 3 aromatic heterocycles. The van der Waals surface area contributed by atoms with Crippen LogP contribution in [0.15, 0.2) is 63.4 Å². The number of hydrogen-bond acceptors (Lipinski definition) is 6. The number of thiophene rings is 2. The summed E-state index contributed by atoms with van der Waals surface area (Å²) in [4.78, 5) is 8.10. The van der Waals surface area contributed by atoms with E-state index in [1.54, 1.807) is 18.3 Å². The number of hydrazone groups is 1. The molecule has 0 atom stereocenters. The Kier molecular flexibility index (Phi) is 4.32. The fourth-order valence-electron chi connectivity index (χ4n) is 1.68. The maximum absolute atomic E-state index is 12.2. The van der Waals surface area contributed by atoms with Gasteiger partial charge in [-0.3, -0.25) is 4.98 Å². The van der Waals surface area contributed by atoms with E-state index >= 15 is 0 Å². The van der Waals surface area contributed by atoms with E-state index in [1.807, 2.05) is 35.7 Å². The van der Waals surface area contributed by atoms with E-state index < -0.39 is 10.0 Å². The third kappa shape index (κ3) is 3.41. The first-order valence-electron chi connectivity index (χ1n) is 6.25. The van der Waals surface area contributed by atoms with Crippen molar-refractivity contribution in [2.24, 2.45) is 5.10 Å². The standard InChI is InChI=1S/C14H11N3O2S3/c18-22(19,17-16-10-11-4-3-9-20-11)14-7-6-13(21-14)12-5-1-2-8-15-12/h1-10,17H. The Morgan fingerprint density at radius 3 is 2.77 bits per heavy atom. The molecule has 0 unspecified atom stereocenters. The minimum Gasteiger partial charge on any atom is -0.255 e. The van der Waals surface area contributed by atoms with Gasteiger partial charge in [-0.15, -0.1) is 22.7 Å². The minimum atomic E-state index is -3.65. The molecule has 0 aliphatic rings. The molecule has 112 valence electrons. The molecule has 0 spiro atoms. The van der Waals surface area contributed by atoms with Crippen LogP contribution in [0.25, 0.3) is 10.6 Å². The monoisotopic (exact) mass is 349 g/mol. The van der Waals surface area contributed by atoms with E-state index in [2.05, 4.69) is 14.9 Å². The molecule has 0 bridgehead atoms. The van der Waals surface area contributed by atoms with Gasteiger partial charge in [0.1, 0.15) is 4.21 Å². The van der Waals surface area contributed by atoms with Crippen molar-refractivity contribution >= 4 is 38.9 Å². The lowest BCUT2D eigenvalue weighted by atomic mass is 10.3. The number of hydrogen-bond donors (Lipinski definition) is 1. The lowest BCUT2D eigenvalue weighted by Gasteiger charge is -1.99. The van der Waals surface area contributed by atoms with Gasteiger partial charge in [0, 0.05) is 11.1 Å². The van der Waals surface area contributed by atoms with Crippen LogP contribution in [-0.2, 0) is 10.0 Å². The van der Waals surface area contributed by atoms with Crippen LogP contribution in [0.3, 0.4) is 0 Å². The lowest BCUT2D eigenvalue weighted by molar-refractivity contribution is 0.587. The van der Waals surface area contributed by atoms with Crippen LogP contribution in [0.2, 0.25) is 0 Å². The second-order valence-corrected chi connectivity index (χ2v) is 8.15. The third-order valence-corrected chi connectivity index (χ3v) is 6.30. The average Bonchev–Trinajstić information content (AvgIpc) is 3.20. The molecule has 0 amide bonds. The van der Waals surface area contributed by atoms with Crippen molar-refractivity contribution in [3.05, 3.63) is 58.9 Å². The summed E-state index contributed by atoms with van der Waals surface area (Å²) in [7, 11) is -3.65. The van der Waals surface area contributed by atoms with Crippen molar-refractivity contribution in [1.82, 2.24) is 9.82 Å². The molecule has 8 heteroatoms. The van der Waals surface area contributed by atoms with Crippen LogP contribution in [0.1, 0.15) is 4.88 Å². The molecule has 5 nitrogen and oxygen atoms in total. The largest absolute Gasteiger partial charge is 0.286 e. The molecule has 3 rings (SSSR count). The third-order valence-electron chi connectivity index (χ3n) is 2.67. The quantitative estimate of drug-likeness (QED) is 0.568. The normalized spacial score (nSPS) is 11.8. The maximum atomic E-state index is 12.2. The number of nitrogens with one attached hydrogen (secondary N) is 1. The van der Waals surface area contributed by atoms with Gasteiger partial charge in [0.25, 0.3) is 10.0 Å². The van der Waals surface area contributed by atoms with Crippen LogP contribution in [0.4, 0.5) is 0 Å². The lowest BCUT2D eigenvalue weighted by Crippen LogP contribution is -2.16. The molecule has 0 radical (unpaired) electrons. The van der Waals surface area contributed by atoms with E-state index in [9.17, 15) is 8.42 Å². The fraction of sp³-hybridized carbons (Fsp3) is 0. The summed E-state index contributed by atoms with van der Waals surface area (Å²) in [6.07, 6.45) is 3.16. The highest BCUT2D eigenvalue weighted by atomic mass is 32.2. The number of rotatable bonds is 5. The van der Waals surface area contributed by atoms with Gasteiger partial charge < -0.3 is 0 Å². The Morgan fingerprint density at radius 1 is 1.14 bits per heavy atom. The van der Waals surface area contributed by atoms with Crippen LogP contribution in [0.5, 0.6) is 0 Å². The molecule has 0 aliphatic heterocycles. The van der Waals surface area contributed by atoms with Crippen molar-refractivity contribution in [3.8, 4) is 10.6 Å². The van der Waals surface area contributed by atoms with Crippen LogP contribution in [-0.4, -0.2) is 19.6 Å². The SMILES string of the molecule is O=S(=O)(NN=Cc1cccs1)c1ccc(-c2ccccn2)s1. The second-order valence-electron chi connectivity index (χ2n) is 4.20. The predicted molar refractivity (Wildman–Crippen MR) is 89.8 cm³/mol. The molecule has 0 aromatic carbocycles. The topological polar surface area (TPSA) is 71.4 Å². The minimum absolute atomic E-state index is 0.205. The molecule has 3 heterocycles. The average molecular weight is 349 g/mol. The van der Waals surface area contributed by atoms with Gasteiger partial charge >= 0.3 is 0 Å². The molecule has 0 fully saturated rings. The molecule has 0 saturated carbocycles. The number of nitrogens with zero attached hydrogens (tertiary/aromatic N) is 2. The summed E-state index contributed by atoms with van der Waals surface area (Å²) in [6.45, 7) is 0. The van der Waals surface area contributed by atoms with Crippen molar-refractivity contribution in [2.75, 3.05) is 0 Å². The Hall–Kier alpha value is -2.03. The molecule has 22 heavy (non-hydrogen) atoms. The zero-order chi connectivity index (χ0) is 15.4. The molecular weight excluding hydrogens is 338 g/mol. The van der Waals surface area contributed by atoms with Gasteiger partial charge in [-0.25, -0.2) is 0 Å². The maximum Gasteiger partial charge on any atom is 0.286 e. The van der Waals surface area contributed by atoms with Crippen molar-refractivity contribution < 1.29 is 8.42 Å². The Bertz CT molecular complexity index is 869. The van der Waals surface area contributed by atoms with Crippen LogP contribution in [0, 0.1) is 0 Å². The highest BCUT2D eigenvalue weighted by molar-refractivity contribution is 7.91. The molecule has 0 saturated heterocycles. The van der Waals surface area contributed by atoms with E-state index in [0.717, 1.165) is 26.8 Å². The zero-order valence-corrected chi connectivity index (χ0v) is 13.7. The number of sulfonamides is 1. The summed E-state index contributed by atoms with van der Waals surface area (Å²) < 4.78 is 24.6. The summed E-state index contributed by atoms with van der Waals surface area (Å²) in [5.41, 5.74) is 0.746. The van der Waals surface area contributed by atoms with Crippen LogP contribution < -0.4 is 4.83 Å². The van der Waals surface area contributed by atoms with Crippen molar-refractivity contribution in [2.45, 2.75) is 4.21 Å². The summed E-state index contributed by atoms with van der Waals surface area (Å²) in [5.74, 6) is 0. The number of pyridine rings is 1. The summed E-state index contributed by atoms with van der Waals surface area (Å²) in [5, 5.41) is 5.68. The van der Waals surface area contributed by atoms with Crippen molar-refractivity contribution in [3.63, 3.8) is 0 Å². The van der Waals surface area contributed by atoms with Crippen LogP contribution >= 0.6 is 22.7 Å². The van der Waals surface area contributed by atoms with Gasteiger partial charge in [-0.2, -0.15) is 18.4 Å². The Labute approximate surface area is 136 Å².